The van der Waals surface area contributed by atoms with E-state index in [9.17, 15) is 0 Å². The Hall–Kier alpha value is -0.880. The zero-order valence-corrected chi connectivity index (χ0v) is 6.12. The van der Waals surface area contributed by atoms with Gasteiger partial charge in [-0.15, -0.1) is 11.3 Å². The fourth-order valence-electron chi connectivity index (χ4n) is 0.633. The molecular weight excluding hydrogens is 132 g/mol. The van der Waals surface area contributed by atoms with Crippen LogP contribution in [0, 0.1) is 25.2 Å². The Kier molecular flexibility index (Phi) is 1.50. The van der Waals surface area contributed by atoms with Gasteiger partial charge in [-0.3, -0.25) is 0 Å². The van der Waals surface area contributed by atoms with Gasteiger partial charge in [0.25, 0.3) is 0 Å². The lowest BCUT2D eigenvalue weighted by Gasteiger charge is -1.74. The smallest absolute Gasteiger partial charge is 0.154 e. The number of thiazole rings is 1. The van der Waals surface area contributed by atoms with Gasteiger partial charge in [0.1, 0.15) is 6.07 Å². The van der Waals surface area contributed by atoms with Crippen LogP contribution in [0.3, 0.4) is 0 Å². The summed E-state index contributed by atoms with van der Waals surface area (Å²) < 4.78 is 0. The number of nitriles is 1. The molecule has 1 heterocycles. The van der Waals surface area contributed by atoms with Crippen LogP contribution in [-0.2, 0) is 0 Å². The summed E-state index contributed by atoms with van der Waals surface area (Å²) in [6.45, 7) is 3.81. The van der Waals surface area contributed by atoms with E-state index in [1.807, 2.05) is 19.9 Å². The van der Waals surface area contributed by atoms with Crippen molar-refractivity contribution < 1.29 is 0 Å². The Balaban J connectivity index is 3.20. The lowest BCUT2D eigenvalue weighted by atomic mass is 10.4. The van der Waals surface area contributed by atoms with Gasteiger partial charge in [-0.05, 0) is 13.8 Å². The van der Waals surface area contributed by atoms with Crippen LogP contribution in [0.25, 0.3) is 0 Å². The molecule has 0 aliphatic carbocycles. The second-order valence-corrected chi connectivity index (χ2v) is 3.16. The van der Waals surface area contributed by atoms with Crippen molar-refractivity contribution in [2.45, 2.75) is 13.8 Å². The van der Waals surface area contributed by atoms with E-state index in [4.69, 9.17) is 5.26 Å². The number of aromatic nitrogens is 1. The Labute approximate surface area is 57.8 Å². The summed E-state index contributed by atoms with van der Waals surface area (Å²) >= 11 is 1.56. The van der Waals surface area contributed by atoms with Crippen molar-refractivity contribution in [3.63, 3.8) is 0 Å². The molecule has 0 saturated carbocycles. The molecule has 0 unspecified atom stereocenters. The fraction of sp³-hybridized carbons (Fsp3) is 0.333. The Morgan fingerprint density at radius 3 is 2.44 bits per heavy atom. The maximum Gasteiger partial charge on any atom is 0.154 e. The predicted molar refractivity (Wildman–Crippen MR) is 36.3 cm³/mol. The van der Waals surface area contributed by atoms with Gasteiger partial charge in [0, 0.05) is 4.88 Å². The van der Waals surface area contributed by atoms with E-state index in [0.717, 1.165) is 9.88 Å². The molecule has 0 radical (unpaired) electrons. The van der Waals surface area contributed by atoms with E-state index in [1.54, 1.807) is 11.3 Å². The van der Waals surface area contributed by atoms with Crippen LogP contribution >= 0.6 is 11.3 Å². The van der Waals surface area contributed by atoms with Crippen LogP contribution in [0.5, 0.6) is 0 Å². The van der Waals surface area contributed by atoms with Crippen LogP contribution in [-0.4, -0.2) is 4.98 Å². The first-order valence-corrected chi connectivity index (χ1v) is 3.40. The molecule has 9 heavy (non-hydrogen) atoms. The number of aryl methyl sites for hydroxylation is 2. The third-order valence-corrected chi connectivity index (χ3v) is 1.90. The number of hydrogen-bond acceptors (Lipinski definition) is 3. The highest BCUT2D eigenvalue weighted by atomic mass is 32.1. The molecule has 0 N–H and O–H groups in total. The molecular formula is C6H6N2S. The van der Waals surface area contributed by atoms with Gasteiger partial charge < -0.3 is 0 Å². The summed E-state index contributed by atoms with van der Waals surface area (Å²) in [5, 5.41) is 9.39. The van der Waals surface area contributed by atoms with Crippen molar-refractivity contribution >= 4 is 11.3 Å². The number of rotatable bonds is 0. The van der Waals surface area contributed by atoms with Crippen LogP contribution < -0.4 is 0 Å². The highest BCUT2D eigenvalue weighted by Crippen LogP contribution is 2.14. The number of nitrogens with zero attached hydrogens (tertiary/aromatic N) is 2. The van der Waals surface area contributed by atoms with Crippen LogP contribution in [0.15, 0.2) is 0 Å². The molecule has 0 atom stereocenters. The molecule has 1 aromatic rings. The minimum atomic E-state index is 0.567. The summed E-state index contributed by atoms with van der Waals surface area (Å²) in [5.41, 5.74) is 0.567. The standard InChI is InChI=1S/C6H6N2S/c1-4-6(3-7)8-5(2)9-4/h1-2H3. The molecule has 0 saturated heterocycles. The first kappa shape index (κ1) is 6.24. The summed E-state index contributed by atoms with van der Waals surface area (Å²) in [6.07, 6.45) is 0. The normalized spacial score (nSPS) is 9.00. The highest BCUT2D eigenvalue weighted by molar-refractivity contribution is 7.11. The van der Waals surface area contributed by atoms with Gasteiger partial charge in [-0.2, -0.15) is 5.26 Å². The van der Waals surface area contributed by atoms with E-state index in [0.29, 0.717) is 5.69 Å². The zero-order chi connectivity index (χ0) is 6.85. The quantitative estimate of drug-likeness (QED) is 0.546. The van der Waals surface area contributed by atoms with Crippen molar-refractivity contribution in [2.75, 3.05) is 0 Å². The summed E-state index contributed by atoms with van der Waals surface area (Å²) in [4.78, 5) is 5.00. The lowest BCUT2D eigenvalue weighted by molar-refractivity contribution is 1.23. The molecule has 0 aromatic carbocycles. The summed E-state index contributed by atoms with van der Waals surface area (Å²) in [5.74, 6) is 0. The Bertz CT molecular complexity index is 257. The van der Waals surface area contributed by atoms with E-state index in [-0.39, 0.29) is 0 Å². The molecule has 0 aliphatic rings. The molecule has 2 nitrogen and oxygen atoms in total. The first-order valence-electron chi connectivity index (χ1n) is 2.58. The molecule has 0 aliphatic heterocycles. The van der Waals surface area contributed by atoms with Gasteiger partial charge in [0.05, 0.1) is 5.01 Å². The lowest BCUT2D eigenvalue weighted by Crippen LogP contribution is -1.74. The molecule has 1 rings (SSSR count). The number of hydrogen-bond donors (Lipinski definition) is 0. The van der Waals surface area contributed by atoms with E-state index >= 15 is 0 Å². The molecule has 0 spiro atoms. The largest absolute Gasteiger partial charge is 0.231 e. The van der Waals surface area contributed by atoms with Crippen LogP contribution in [0.1, 0.15) is 15.6 Å². The minimum absolute atomic E-state index is 0.567. The van der Waals surface area contributed by atoms with Gasteiger partial charge in [0.2, 0.25) is 0 Å². The third-order valence-electron chi connectivity index (χ3n) is 1.01. The third kappa shape index (κ3) is 1.08. The van der Waals surface area contributed by atoms with Crippen molar-refractivity contribution in [1.29, 1.82) is 5.26 Å². The molecule has 0 fully saturated rings. The predicted octanol–water partition coefficient (Wildman–Crippen LogP) is 1.63. The molecule has 0 amide bonds. The fourth-order valence-corrected chi connectivity index (χ4v) is 1.40. The second kappa shape index (κ2) is 2.16. The highest BCUT2D eigenvalue weighted by Gasteiger charge is 2.00. The maximum absolute atomic E-state index is 8.43. The first-order chi connectivity index (χ1) is 4.24. The van der Waals surface area contributed by atoms with Gasteiger partial charge in [-0.1, -0.05) is 0 Å². The monoisotopic (exact) mass is 138 g/mol. The molecule has 1 aromatic heterocycles. The van der Waals surface area contributed by atoms with Gasteiger partial charge in [0.15, 0.2) is 5.69 Å². The zero-order valence-electron chi connectivity index (χ0n) is 5.30. The van der Waals surface area contributed by atoms with Crippen molar-refractivity contribution in [3.8, 4) is 6.07 Å². The van der Waals surface area contributed by atoms with E-state index in [1.165, 1.54) is 0 Å². The second-order valence-electron chi connectivity index (χ2n) is 1.75. The van der Waals surface area contributed by atoms with Crippen molar-refractivity contribution in [3.05, 3.63) is 15.6 Å². The van der Waals surface area contributed by atoms with Gasteiger partial charge >= 0.3 is 0 Å². The maximum atomic E-state index is 8.43. The van der Waals surface area contributed by atoms with Crippen molar-refractivity contribution in [2.24, 2.45) is 0 Å². The molecule has 46 valence electrons. The summed E-state index contributed by atoms with van der Waals surface area (Å²) in [7, 11) is 0. The average Bonchev–Trinajstić information content (AvgIpc) is 2.10. The SMILES string of the molecule is Cc1nc(C#N)c(C)s1. The Morgan fingerprint density at radius 2 is 2.22 bits per heavy atom. The Morgan fingerprint density at radius 1 is 1.56 bits per heavy atom. The average molecular weight is 138 g/mol. The van der Waals surface area contributed by atoms with Crippen LogP contribution in [0.2, 0.25) is 0 Å². The van der Waals surface area contributed by atoms with Gasteiger partial charge in [-0.25, -0.2) is 4.98 Å². The van der Waals surface area contributed by atoms with Crippen LogP contribution in [0.4, 0.5) is 0 Å². The van der Waals surface area contributed by atoms with E-state index in [2.05, 4.69) is 4.98 Å². The molecule has 3 heteroatoms. The topological polar surface area (TPSA) is 36.7 Å². The molecule has 0 bridgehead atoms. The minimum Gasteiger partial charge on any atom is -0.231 e. The van der Waals surface area contributed by atoms with Crippen molar-refractivity contribution in [1.82, 2.24) is 4.98 Å². The van der Waals surface area contributed by atoms with E-state index < -0.39 is 0 Å². The summed E-state index contributed by atoms with van der Waals surface area (Å²) in [6, 6.07) is 2.02.